The number of hydrogen-bond donors (Lipinski definition) is 0. The van der Waals surface area contributed by atoms with Gasteiger partial charge in [-0.05, 0) is 25.1 Å². The molecule has 0 spiro atoms. The number of alkyl halides is 3. The molecule has 0 fully saturated rings. The van der Waals surface area contributed by atoms with Gasteiger partial charge in [0.1, 0.15) is 0 Å². The first-order chi connectivity index (χ1) is 9.41. The van der Waals surface area contributed by atoms with Crippen molar-refractivity contribution in [1.29, 1.82) is 0 Å². The smallest absolute Gasteiger partial charge is 0.416 e. The Bertz CT molecular complexity index is 622. The summed E-state index contributed by atoms with van der Waals surface area (Å²) in [6.07, 6.45) is -3.23. The van der Waals surface area contributed by atoms with Gasteiger partial charge in [-0.3, -0.25) is 0 Å². The highest BCUT2D eigenvalue weighted by Gasteiger charge is 2.30. The zero-order valence-corrected chi connectivity index (χ0v) is 10.4. The van der Waals surface area contributed by atoms with Crippen molar-refractivity contribution in [3.05, 3.63) is 41.7 Å². The molecular formula is C12H10F3N3O2. The molecule has 1 heterocycles. The van der Waals surface area contributed by atoms with Gasteiger partial charge in [-0.15, -0.1) is 5.10 Å². The van der Waals surface area contributed by atoms with Crippen LogP contribution < -0.4 is 0 Å². The van der Waals surface area contributed by atoms with Gasteiger partial charge in [0, 0.05) is 0 Å². The summed E-state index contributed by atoms with van der Waals surface area (Å²) >= 11 is 0. The predicted molar refractivity (Wildman–Crippen MR) is 62.3 cm³/mol. The Balaban J connectivity index is 2.31. The first kappa shape index (κ1) is 14.0. The Hall–Kier alpha value is -2.38. The summed E-state index contributed by atoms with van der Waals surface area (Å²) in [5.74, 6) is -0.675. The maximum Gasteiger partial charge on any atom is 0.416 e. The van der Waals surface area contributed by atoms with Gasteiger partial charge in [0.25, 0.3) is 0 Å². The number of carbonyl (C=O) groups is 1. The number of halogens is 3. The molecule has 1 aromatic heterocycles. The maximum absolute atomic E-state index is 12.6. The number of rotatable bonds is 3. The van der Waals surface area contributed by atoms with Crippen LogP contribution in [0.5, 0.6) is 0 Å². The number of aromatic nitrogens is 3. The molecule has 0 N–H and O–H groups in total. The van der Waals surface area contributed by atoms with Crippen molar-refractivity contribution in [1.82, 2.24) is 15.0 Å². The fraction of sp³-hybridized carbons (Fsp3) is 0.250. The molecule has 0 bridgehead atoms. The number of hydrogen-bond acceptors (Lipinski definition) is 4. The molecule has 1 aromatic carbocycles. The lowest BCUT2D eigenvalue weighted by Crippen LogP contribution is -2.06. The van der Waals surface area contributed by atoms with Gasteiger partial charge in [-0.2, -0.15) is 13.2 Å². The van der Waals surface area contributed by atoms with Gasteiger partial charge < -0.3 is 4.74 Å². The Morgan fingerprint density at radius 3 is 2.80 bits per heavy atom. The van der Waals surface area contributed by atoms with Gasteiger partial charge in [-0.1, -0.05) is 11.3 Å². The summed E-state index contributed by atoms with van der Waals surface area (Å²) in [5, 5.41) is 7.17. The highest BCUT2D eigenvalue weighted by atomic mass is 19.4. The minimum atomic E-state index is -4.44. The zero-order valence-electron chi connectivity index (χ0n) is 10.4. The lowest BCUT2D eigenvalue weighted by Gasteiger charge is -2.07. The molecule has 2 rings (SSSR count). The fourth-order valence-electron chi connectivity index (χ4n) is 1.51. The first-order valence-electron chi connectivity index (χ1n) is 5.69. The lowest BCUT2D eigenvalue weighted by molar-refractivity contribution is -0.137. The SMILES string of the molecule is CCOC(=O)c1cn(-c2cccc(C(F)(F)F)c2)nn1. The summed E-state index contributed by atoms with van der Waals surface area (Å²) in [4.78, 5) is 11.4. The molecule has 0 amide bonds. The Kier molecular flexibility index (Phi) is 3.73. The van der Waals surface area contributed by atoms with Crippen LogP contribution in [-0.2, 0) is 10.9 Å². The summed E-state index contributed by atoms with van der Waals surface area (Å²) < 4.78 is 43.6. The van der Waals surface area contributed by atoms with Crippen LogP contribution in [0.1, 0.15) is 23.0 Å². The Labute approximate surface area is 112 Å². The third-order valence-corrected chi connectivity index (χ3v) is 2.42. The van der Waals surface area contributed by atoms with E-state index in [1.807, 2.05) is 0 Å². The standard InChI is InChI=1S/C12H10F3N3O2/c1-2-20-11(19)10-7-18(17-16-10)9-5-3-4-8(6-9)12(13,14)15/h3-7H,2H2,1H3. The Morgan fingerprint density at radius 2 is 2.15 bits per heavy atom. The van der Waals surface area contributed by atoms with Crippen molar-refractivity contribution in [2.45, 2.75) is 13.1 Å². The number of ether oxygens (including phenoxy) is 1. The van der Waals surface area contributed by atoms with Gasteiger partial charge in [0.2, 0.25) is 0 Å². The number of benzene rings is 1. The van der Waals surface area contributed by atoms with Crippen LogP contribution in [0.3, 0.4) is 0 Å². The number of nitrogens with zero attached hydrogens (tertiary/aromatic N) is 3. The largest absolute Gasteiger partial charge is 0.461 e. The molecule has 0 saturated heterocycles. The summed E-state index contributed by atoms with van der Waals surface area (Å²) in [5.41, 5.74) is -0.713. The topological polar surface area (TPSA) is 57.0 Å². The van der Waals surface area contributed by atoms with Crippen LogP contribution >= 0.6 is 0 Å². The molecule has 5 nitrogen and oxygen atoms in total. The van der Waals surface area contributed by atoms with Gasteiger partial charge in [0.05, 0.1) is 24.1 Å². The zero-order chi connectivity index (χ0) is 14.8. The summed E-state index contributed by atoms with van der Waals surface area (Å²) in [7, 11) is 0. The lowest BCUT2D eigenvalue weighted by atomic mass is 10.2. The number of esters is 1. The van der Waals surface area contributed by atoms with Crippen molar-refractivity contribution >= 4 is 5.97 Å². The minimum Gasteiger partial charge on any atom is -0.461 e. The van der Waals surface area contributed by atoms with E-state index in [1.165, 1.54) is 18.3 Å². The monoisotopic (exact) mass is 285 g/mol. The number of carbonyl (C=O) groups excluding carboxylic acids is 1. The molecule has 0 saturated carbocycles. The van der Waals surface area contributed by atoms with E-state index in [1.54, 1.807) is 6.92 Å². The molecule has 0 unspecified atom stereocenters. The third kappa shape index (κ3) is 2.95. The van der Waals surface area contributed by atoms with Crippen LogP contribution in [0.25, 0.3) is 5.69 Å². The van der Waals surface area contributed by atoms with Crippen LogP contribution in [0, 0.1) is 0 Å². The van der Waals surface area contributed by atoms with Gasteiger partial charge in [-0.25, -0.2) is 9.48 Å². The highest BCUT2D eigenvalue weighted by molar-refractivity contribution is 5.86. The van der Waals surface area contributed by atoms with Crippen molar-refractivity contribution in [2.24, 2.45) is 0 Å². The highest BCUT2D eigenvalue weighted by Crippen LogP contribution is 2.30. The van der Waals surface area contributed by atoms with Crippen molar-refractivity contribution < 1.29 is 22.7 Å². The van der Waals surface area contributed by atoms with Gasteiger partial charge in [0.15, 0.2) is 5.69 Å². The molecule has 20 heavy (non-hydrogen) atoms. The van der Waals surface area contributed by atoms with E-state index in [9.17, 15) is 18.0 Å². The maximum atomic E-state index is 12.6. The molecular weight excluding hydrogens is 275 g/mol. The van der Waals surface area contributed by atoms with E-state index in [-0.39, 0.29) is 18.0 Å². The third-order valence-electron chi connectivity index (χ3n) is 2.42. The fourth-order valence-corrected chi connectivity index (χ4v) is 1.51. The Morgan fingerprint density at radius 1 is 1.40 bits per heavy atom. The quantitative estimate of drug-likeness (QED) is 0.813. The predicted octanol–water partition coefficient (Wildman–Crippen LogP) is 2.46. The van der Waals surface area contributed by atoms with E-state index in [2.05, 4.69) is 10.3 Å². The average Bonchev–Trinajstić information content (AvgIpc) is 2.88. The van der Waals surface area contributed by atoms with Crippen LogP contribution in [-0.4, -0.2) is 27.6 Å². The molecule has 0 atom stereocenters. The molecule has 2 aromatic rings. The van der Waals surface area contributed by atoms with Crippen molar-refractivity contribution in [3.8, 4) is 5.69 Å². The molecule has 0 aliphatic carbocycles. The van der Waals surface area contributed by atoms with Crippen LogP contribution in [0.4, 0.5) is 13.2 Å². The molecule has 106 valence electrons. The van der Waals surface area contributed by atoms with E-state index >= 15 is 0 Å². The average molecular weight is 285 g/mol. The van der Waals surface area contributed by atoms with Crippen molar-refractivity contribution in [3.63, 3.8) is 0 Å². The normalized spacial score (nSPS) is 11.4. The van der Waals surface area contributed by atoms with Crippen LogP contribution in [0.15, 0.2) is 30.5 Å². The second-order valence-corrected chi connectivity index (χ2v) is 3.82. The second-order valence-electron chi connectivity index (χ2n) is 3.82. The van der Waals surface area contributed by atoms with E-state index in [0.717, 1.165) is 16.8 Å². The molecule has 8 heteroatoms. The van der Waals surface area contributed by atoms with Crippen LogP contribution in [0.2, 0.25) is 0 Å². The molecule has 0 aliphatic rings. The van der Waals surface area contributed by atoms with E-state index in [0.29, 0.717) is 0 Å². The first-order valence-corrected chi connectivity index (χ1v) is 5.69. The molecule has 0 aliphatic heterocycles. The summed E-state index contributed by atoms with van der Waals surface area (Å²) in [6.45, 7) is 1.81. The van der Waals surface area contributed by atoms with E-state index in [4.69, 9.17) is 4.74 Å². The summed E-state index contributed by atoms with van der Waals surface area (Å²) in [6, 6.07) is 4.55. The van der Waals surface area contributed by atoms with Gasteiger partial charge >= 0.3 is 12.1 Å². The second kappa shape index (κ2) is 5.32. The molecule has 0 radical (unpaired) electrons. The van der Waals surface area contributed by atoms with E-state index < -0.39 is 17.7 Å². The van der Waals surface area contributed by atoms with Crippen molar-refractivity contribution in [2.75, 3.05) is 6.61 Å². The minimum absolute atomic E-state index is 0.0655.